The summed E-state index contributed by atoms with van der Waals surface area (Å²) >= 11 is 1.77. The monoisotopic (exact) mass is 465 g/mol. The van der Waals surface area contributed by atoms with E-state index in [0.29, 0.717) is 6.04 Å². The summed E-state index contributed by atoms with van der Waals surface area (Å²) < 4.78 is 0. The first-order valence-electron chi connectivity index (χ1n) is 8.67. The van der Waals surface area contributed by atoms with Gasteiger partial charge in [0.05, 0.1) is 5.01 Å². The van der Waals surface area contributed by atoms with Gasteiger partial charge in [0, 0.05) is 56.8 Å². The number of thiazole rings is 1. The molecule has 0 saturated carbocycles. The Hall–Kier alpha value is -0.410. The molecule has 0 atom stereocenters. The summed E-state index contributed by atoms with van der Waals surface area (Å²) in [4.78, 5) is 12.6. The van der Waals surface area contributed by atoms with E-state index >= 15 is 0 Å². The highest BCUT2D eigenvalue weighted by Crippen LogP contribution is 2.12. The van der Waals surface area contributed by atoms with Gasteiger partial charge in [0.25, 0.3) is 0 Å². The van der Waals surface area contributed by atoms with Crippen LogP contribution >= 0.6 is 35.3 Å². The summed E-state index contributed by atoms with van der Waals surface area (Å²) in [6, 6.07) is 0.534. The highest BCUT2D eigenvalue weighted by atomic mass is 127. The fraction of sp³-hybridized carbons (Fsp3) is 0.765. The minimum atomic E-state index is 0. The third kappa shape index (κ3) is 7.65. The molecule has 1 aromatic rings. The minimum absolute atomic E-state index is 0. The van der Waals surface area contributed by atoms with Crippen LogP contribution in [0, 0.1) is 12.8 Å². The van der Waals surface area contributed by atoms with E-state index in [1.54, 1.807) is 11.3 Å². The van der Waals surface area contributed by atoms with Crippen molar-refractivity contribution < 1.29 is 0 Å². The Morgan fingerprint density at radius 2 is 2.12 bits per heavy atom. The molecule has 24 heavy (non-hydrogen) atoms. The largest absolute Gasteiger partial charge is 0.356 e. The zero-order valence-corrected chi connectivity index (χ0v) is 18.5. The number of nitrogens with one attached hydrogen (secondary N) is 2. The lowest BCUT2D eigenvalue weighted by molar-refractivity contribution is 0.187. The standard InChI is InChI=1S/C17H31N5S.HI/c1-13(2)12-22-9-6-15(7-10-22)21-17(18-4)19-8-5-16-20-11-14(3)23-16;/h11,13,15H,5-10,12H2,1-4H3,(H2,18,19,21);1H. The van der Waals surface area contributed by atoms with E-state index in [1.807, 2.05) is 13.2 Å². The molecular weight excluding hydrogens is 433 g/mol. The highest BCUT2D eigenvalue weighted by Gasteiger charge is 2.20. The number of halogens is 1. The van der Waals surface area contributed by atoms with E-state index in [4.69, 9.17) is 0 Å². The van der Waals surface area contributed by atoms with Crippen molar-refractivity contribution in [1.29, 1.82) is 0 Å². The maximum absolute atomic E-state index is 4.40. The number of hydrogen-bond donors (Lipinski definition) is 2. The van der Waals surface area contributed by atoms with Crippen LogP contribution in [0.5, 0.6) is 0 Å². The van der Waals surface area contributed by atoms with E-state index in [2.05, 4.69) is 46.3 Å². The number of piperidine rings is 1. The lowest BCUT2D eigenvalue weighted by Gasteiger charge is -2.33. The molecule has 5 nitrogen and oxygen atoms in total. The molecule has 0 radical (unpaired) electrons. The van der Waals surface area contributed by atoms with Crippen LogP contribution in [0.2, 0.25) is 0 Å². The summed E-state index contributed by atoms with van der Waals surface area (Å²) in [5.74, 6) is 1.67. The molecule has 0 aliphatic carbocycles. The SMILES string of the molecule is CN=C(NCCc1ncc(C)s1)NC1CCN(CC(C)C)CC1.I. The van der Waals surface area contributed by atoms with Crippen LogP contribution in [0.25, 0.3) is 0 Å². The topological polar surface area (TPSA) is 52.6 Å². The van der Waals surface area contributed by atoms with Gasteiger partial charge in [-0.05, 0) is 25.7 Å². The van der Waals surface area contributed by atoms with Gasteiger partial charge >= 0.3 is 0 Å². The zero-order chi connectivity index (χ0) is 16.7. The molecule has 2 rings (SSSR count). The van der Waals surface area contributed by atoms with Gasteiger partial charge in [-0.3, -0.25) is 4.99 Å². The minimum Gasteiger partial charge on any atom is -0.356 e. The molecule has 2 N–H and O–H groups in total. The molecule has 138 valence electrons. The van der Waals surface area contributed by atoms with Crippen molar-refractivity contribution in [1.82, 2.24) is 20.5 Å². The van der Waals surface area contributed by atoms with Crippen molar-refractivity contribution >= 4 is 41.3 Å². The number of nitrogens with zero attached hydrogens (tertiary/aromatic N) is 3. The Bertz CT molecular complexity index is 495. The van der Waals surface area contributed by atoms with E-state index in [1.165, 1.54) is 42.4 Å². The van der Waals surface area contributed by atoms with Crippen molar-refractivity contribution in [3.05, 3.63) is 16.1 Å². The lowest BCUT2D eigenvalue weighted by atomic mass is 10.0. The smallest absolute Gasteiger partial charge is 0.191 e. The van der Waals surface area contributed by atoms with E-state index in [0.717, 1.165) is 24.8 Å². The summed E-state index contributed by atoms with van der Waals surface area (Å²) in [6.07, 6.45) is 5.28. The lowest BCUT2D eigenvalue weighted by Crippen LogP contribution is -2.49. The Morgan fingerprint density at radius 1 is 1.42 bits per heavy atom. The second-order valence-corrected chi connectivity index (χ2v) is 8.05. The van der Waals surface area contributed by atoms with Gasteiger partial charge < -0.3 is 15.5 Å². The first-order chi connectivity index (χ1) is 11.1. The Balaban J connectivity index is 0.00000288. The summed E-state index contributed by atoms with van der Waals surface area (Å²) in [5.41, 5.74) is 0. The van der Waals surface area contributed by atoms with Gasteiger partial charge in [-0.1, -0.05) is 13.8 Å². The molecule has 1 aliphatic rings. The number of hydrogen-bond acceptors (Lipinski definition) is 4. The Morgan fingerprint density at radius 3 is 2.67 bits per heavy atom. The summed E-state index contributed by atoms with van der Waals surface area (Å²) in [5, 5.41) is 8.16. The average Bonchev–Trinajstić information content (AvgIpc) is 2.93. The van der Waals surface area contributed by atoms with Gasteiger partial charge in [-0.25, -0.2) is 4.98 Å². The molecule has 1 aromatic heterocycles. The van der Waals surface area contributed by atoms with Gasteiger partial charge in [-0.2, -0.15) is 0 Å². The van der Waals surface area contributed by atoms with E-state index in [-0.39, 0.29) is 24.0 Å². The van der Waals surface area contributed by atoms with E-state index < -0.39 is 0 Å². The normalized spacial score (nSPS) is 17.0. The third-order valence-electron chi connectivity index (χ3n) is 4.08. The predicted octanol–water partition coefficient (Wildman–Crippen LogP) is 2.90. The molecule has 2 heterocycles. The van der Waals surface area contributed by atoms with Crippen molar-refractivity contribution in [3.8, 4) is 0 Å². The van der Waals surface area contributed by atoms with Crippen LogP contribution in [0.4, 0.5) is 0 Å². The molecule has 0 aromatic carbocycles. The second kappa shape index (κ2) is 11.3. The molecular formula is C17H32IN5S. The van der Waals surface area contributed by atoms with Crippen molar-refractivity contribution in [2.24, 2.45) is 10.9 Å². The number of aromatic nitrogens is 1. The fourth-order valence-electron chi connectivity index (χ4n) is 2.97. The summed E-state index contributed by atoms with van der Waals surface area (Å²) in [7, 11) is 1.84. The number of aliphatic imine (C=N–C) groups is 1. The molecule has 0 amide bonds. The number of likely N-dealkylation sites (tertiary alicyclic amines) is 1. The maximum atomic E-state index is 4.40. The first-order valence-corrected chi connectivity index (χ1v) is 9.49. The molecule has 1 saturated heterocycles. The van der Waals surface area contributed by atoms with Crippen molar-refractivity contribution in [2.45, 2.75) is 46.1 Å². The third-order valence-corrected chi connectivity index (χ3v) is 5.05. The highest BCUT2D eigenvalue weighted by molar-refractivity contribution is 14.0. The molecule has 7 heteroatoms. The number of guanidine groups is 1. The Kier molecular flexibility index (Phi) is 10.1. The van der Waals surface area contributed by atoms with Crippen LogP contribution < -0.4 is 10.6 Å². The first kappa shape index (κ1) is 21.6. The maximum Gasteiger partial charge on any atom is 0.191 e. The van der Waals surface area contributed by atoms with Crippen LogP contribution in [0.15, 0.2) is 11.2 Å². The van der Waals surface area contributed by atoms with Crippen LogP contribution in [-0.4, -0.2) is 55.1 Å². The van der Waals surface area contributed by atoms with Gasteiger partial charge in [0.2, 0.25) is 0 Å². The Labute approximate surface area is 167 Å². The average molecular weight is 465 g/mol. The van der Waals surface area contributed by atoms with Crippen molar-refractivity contribution in [2.75, 3.05) is 33.2 Å². The van der Waals surface area contributed by atoms with Crippen LogP contribution in [-0.2, 0) is 6.42 Å². The van der Waals surface area contributed by atoms with Crippen molar-refractivity contribution in [3.63, 3.8) is 0 Å². The van der Waals surface area contributed by atoms with Gasteiger partial charge in [-0.15, -0.1) is 35.3 Å². The van der Waals surface area contributed by atoms with Gasteiger partial charge in [0.15, 0.2) is 5.96 Å². The number of rotatable bonds is 6. The van der Waals surface area contributed by atoms with Crippen LogP contribution in [0.3, 0.4) is 0 Å². The molecule has 0 bridgehead atoms. The second-order valence-electron chi connectivity index (χ2n) is 6.73. The summed E-state index contributed by atoms with van der Waals surface area (Å²) in [6.45, 7) is 11.1. The molecule has 1 aliphatic heterocycles. The quantitative estimate of drug-likeness (QED) is 0.386. The zero-order valence-electron chi connectivity index (χ0n) is 15.3. The molecule has 0 unspecified atom stereocenters. The molecule has 1 fully saturated rings. The van der Waals surface area contributed by atoms with E-state index in [9.17, 15) is 0 Å². The van der Waals surface area contributed by atoms with Gasteiger partial charge in [0.1, 0.15) is 0 Å². The number of aryl methyl sites for hydroxylation is 1. The fourth-order valence-corrected chi connectivity index (χ4v) is 3.76. The molecule has 0 spiro atoms. The van der Waals surface area contributed by atoms with Crippen LogP contribution in [0.1, 0.15) is 36.6 Å². The predicted molar refractivity (Wildman–Crippen MR) is 115 cm³/mol.